The van der Waals surface area contributed by atoms with Gasteiger partial charge in [-0.3, -0.25) is 0 Å². The van der Waals surface area contributed by atoms with Gasteiger partial charge in [0.25, 0.3) is 0 Å². The van der Waals surface area contributed by atoms with E-state index in [0.717, 1.165) is 28.3 Å². The molecule has 0 aliphatic heterocycles. The molecule has 0 spiro atoms. The second-order valence-electron chi connectivity index (χ2n) is 4.35. The molecule has 4 heteroatoms. The summed E-state index contributed by atoms with van der Waals surface area (Å²) < 4.78 is 7.24. The van der Waals surface area contributed by atoms with Gasteiger partial charge in [0.15, 0.2) is 11.5 Å². The standard InChI is InChI=1S/C15H15N3O/c1-3-19-13-8-6-12(7-9-13)14-16-15-11(2)5-4-10-18(15)17-14/h4-10H,3H2,1-2H3. The summed E-state index contributed by atoms with van der Waals surface area (Å²) in [6.07, 6.45) is 1.91. The molecule has 0 aliphatic carbocycles. The van der Waals surface area contributed by atoms with E-state index in [1.807, 2.05) is 56.4 Å². The maximum atomic E-state index is 5.43. The molecule has 3 aromatic rings. The third kappa shape index (κ3) is 2.17. The summed E-state index contributed by atoms with van der Waals surface area (Å²) in [6.45, 7) is 4.68. The second kappa shape index (κ2) is 4.72. The summed E-state index contributed by atoms with van der Waals surface area (Å²) in [5, 5.41) is 4.48. The van der Waals surface area contributed by atoms with Crippen LogP contribution >= 0.6 is 0 Å². The molecule has 0 unspecified atom stereocenters. The molecular weight excluding hydrogens is 238 g/mol. The summed E-state index contributed by atoms with van der Waals surface area (Å²) in [7, 11) is 0. The van der Waals surface area contributed by atoms with E-state index in [9.17, 15) is 0 Å². The predicted octanol–water partition coefficient (Wildman–Crippen LogP) is 3.10. The van der Waals surface area contributed by atoms with Crippen molar-refractivity contribution in [2.75, 3.05) is 6.61 Å². The Balaban J connectivity index is 2.01. The first kappa shape index (κ1) is 11.7. The maximum absolute atomic E-state index is 5.43. The van der Waals surface area contributed by atoms with Gasteiger partial charge < -0.3 is 4.74 Å². The quantitative estimate of drug-likeness (QED) is 0.720. The van der Waals surface area contributed by atoms with Gasteiger partial charge in [0, 0.05) is 11.8 Å². The van der Waals surface area contributed by atoms with Gasteiger partial charge in [-0.25, -0.2) is 9.50 Å². The molecule has 2 aromatic heterocycles. The van der Waals surface area contributed by atoms with Crippen LogP contribution in [0.5, 0.6) is 5.75 Å². The number of pyridine rings is 1. The van der Waals surface area contributed by atoms with E-state index >= 15 is 0 Å². The molecule has 19 heavy (non-hydrogen) atoms. The van der Waals surface area contributed by atoms with Crippen molar-refractivity contribution in [1.82, 2.24) is 14.6 Å². The molecule has 0 atom stereocenters. The summed E-state index contributed by atoms with van der Waals surface area (Å²) in [6, 6.07) is 11.9. The zero-order chi connectivity index (χ0) is 13.2. The molecule has 0 saturated carbocycles. The molecule has 0 amide bonds. The van der Waals surface area contributed by atoms with E-state index in [0.29, 0.717) is 6.61 Å². The lowest BCUT2D eigenvalue weighted by molar-refractivity contribution is 0.340. The number of hydrogen-bond donors (Lipinski definition) is 0. The van der Waals surface area contributed by atoms with Gasteiger partial charge in [-0.05, 0) is 49.7 Å². The van der Waals surface area contributed by atoms with Crippen LogP contribution in [0.15, 0.2) is 42.6 Å². The lowest BCUT2D eigenvalue weighted by atomic mass is 10.2. The number of nitrogens with zero attached hydrogens (tertiary/aromatic N) is 3. The van der Waals surface area contributed by atoms with E-state index in [-0.39, 0.29) is 0 Å². The summed E-state index contributed by atoms with van der Waals surface area (Å²) in [4.78, 5) is 4.57. The molecule has 96 valence electrons. The van der Waals surface area contributed by atoms with Crippen LogP contribution in [0.2, 0.25) is 0 Å². The lowest BCUT2D eigenvalue weighted by Gasteiger charge is -2.02. The molecule has 3 rings (SSSR count). The van der Waals surface area contributed by atoms with Gasteiger partial charge in [0.2, 0.25) is 0 Å². The monoisotopic (exact) mass is 253 g/mol. The van der Waals surface area contributed by atoms with E-state index < -0.39 is 0 Å². The van der Waals surface area contributed by atoms with Gasteiger partial charge in [-0.2, -0.15) is 0 Å². The van der Waals surface area contributed by atoms with Crippen LogP contribution in [0, 0.1) is 6.92 Å². The number of fused-ring (bicyclic) bond motifs is 1. The van der Waals surface area contributed by atoms with Crippen LogP contribution in [-0.4, -0.2) is 21.2 Å². The van der Waals surface area contributed by atoms with Gasteiger partial charge in [-0.15, -0.1) is 5.10 Å². The number of hydrogen-bond acceptors (Lipinski definition) is 3. The van der Waals surface area contributed by atoms with Crippen molar-refractivity contribution in [3.05, 3.63) is 48.2 Å². The minimum atomic E-state index is 0.672. The number of rotatable bonds is 3. The van der Waals surface area contributed by atoms with Crippen molar-refractivity contribution >= 4 is 5.65 Å². The summed E-state index contributed by atoms with van der Waals surface area (Å²) in [5.74, 6) is 1.60. The molecule has 0 bridgehead atoms. The summed E-state index contributed by atoms with van der Waals surface area (Å²) >= 11 is 0. The fourth-order valence-electron chi connectivity index (χ4n) is 2.03. The third-order valence-corrected chi connectivity index (χ3v) is 2.98. The Morgan fingerprint density at radius 3 is 2.63 bits per heavy atom. The average molecular weight is 253 g/mol. The van der Waals surface area contributed by atoms with Crippen LogP contribution in [0.1, 0.15) is 12.5 Å². The molecule has 2 heterocycles. The second-order valence-corrected chi connectivity index (χ2v) is 4.35. The van der Waals surface area contributed by atoms with Gasteiger partial charge in [-0.1, -0.05) is 6.07 Å². The van der Waals surface area contributed by atoms with Crippen molar-refractivity contribution in [1.29, 1.82) is 0 Å². The van der Waals surface area contributed by atoms with E-state index in [4.69, 9.17) is 4.74 Å². The van der Waals surface area contributed by atoms with Crippen LogP contribution in [0.25, 0.3) is 17.0 Å². The van der Waals surface area contributed by atoms with Crippen molar-refractivity contribution in [3.8, 4) is 17.1 Å². The van der Waals surface area contributed by atoms with Gasteiger partial charge in [0.1, 0.15) is 5.75 Å². The number of ether oxygens (including phenoxy) is 1. The fourth-order valence-corrected chi connectivity index (χ4v) is 2.03. The largest absolute Gasteiger partial charge is 0.494 e. The molecular formula is C15H15N3O. The number of aryl methyl sites for hydroxylation is 1. The van der Waals surface area contributed by atoms with Crippen molar-refractivity contribution in [2.24, 2.45) is 0 Å². The highest BCUT2D eigenvalue weighted by Gasteiger charge is 2.07. The van der Waals surface area contributed by atoms with Crippen molar-refractivity contribution in [3.63, 3.8) is 0 Å². The Kier molecular flexibility index (Phi) is 2.91. The SMILES string of the molecule is CCOc1ccc(-c2nc3c(C)cccn3n2)cc1. The minimum Gasteiger partial charge on any atom is -0.494 e. The molecule has 0 N–H and O–H groups in total. The van der Waals surface area contributed by atoms with Crippen LogP contribution in [-0.2, 0) is 0 Å². The van der Waals surface area contributed by atoms with Crippen LogP contribution in [0.4, 0.5) is 0 Å². The predicted molar refractivity (Wildman–Crippen MR) is 74.3 cm³/mol. The topological polar surface area (TPSA) is 39.4 Å². The highest BCUT2D eigenvalue weighted by molar-refractivity contribution is 5.60. The number of benzene rings is 1. The number of aromatic nitrogens is 3. The highest BCUT2D eigenvalue weighted by Crippen LogP contribution is 2.21. The molecule has 4 nitrogen and oxygen atoms in total. The Hall–Kier alpha value is -2.36. The first-order valence-electron chi connectivity index (χ1n) is 6.33. The van der Waals surface area contributed by atoms with Crippen LogP contribution in [0.3, 0.4) is 0 Å². The molecule has 0 fully saturated rings. The van der Waals surface area contributed by atoms with Crippen LogP contribution < -0.4 is 4.74 Å². The van der Waals surface area contributed by atoms with Gasteiger partial charge >= 0.3 is 0 Å². The lowest BCUT2D eigenvalue weighted by Crippen LogP contribution is -1.91. The van der Waals surface area contributed by atoms with Crippen molar-refractivity contribution in [2.45, 2.75) is 13.8 Å². The van der Waals surface area contributed by atoms with E-state index in [2.05, 4.69) is 10.1 Å². The first-order chi connectivity index (χ1) is 9.28. The van der Waals surface area contributed by atoms with Gasteiger partial charge in [0.05, 0.1) is 6.61 Å². The molecule has 0 radical (unpaired) electrons. The molecule has 0 saturated heterocycles. The van der Waals surface area contributed by atoms with E-state index in [1.165, 1.54) is 0 Å². The zero-order valence-electron chi connectivity index (χ0n) is 11.0. The first-order valence-corrected chi connectivity index (χ1v) is 6.33. The average Bonchev–Trinajstić information content (AvgIpc) is 2.85. The maximum Gasteiger partial charge on any atom is 0.182 e. The highest BCUT2D eigenvalue weighted by atomic mass is 16.5. The fraction of sp³-hybridized carbons (Fsp3) is 0.200. The van der Waals surface area contributed by atoms with Crippen molar-refractivity contribution < 1.29 is 4.74 Å². The summed E-state index contributed by atoms with van der Waals surface area (Å²) in [5.41, 5.74) is 3.00. The minimum absolute atomic E-state index is 0.672. The third-order valence-electron chi connectivity index (χ3n) is 2.98. The molecule has 1 aromatic carbocycles. The Labute approximate surface area is 111 Å². The Morgan fingerprint density at radius 1 is 1.16 bits per heavy atom. The molecule has 0 aliphatic rings. The Bertz CT molecular complexity index is 701. The Morgan fingerprint density at radius 2 is 1.95 bits per heavy atom. The van der Waals surface area contributed by atoms with E-state index in [1.54, 1.807) is 4.52 Å². The normalized spacial score (nSPS) is 10.8. The smallest absolute Gasteiger partial charge is 0.182 e. The zero-order valence-corrected chi connectivity index (χ0v) is 11.0.